The number of nitrogens with zero attached hydrogens (tertiary/aromatic N) is 2. The number of aromatic nitrogens is 1. The van der Waals surface area contributed by atoms with Gasteiger partial charge in [0.2, 0.25) is 0 Å². The molecule has 1 N–H and O–H groups in total. The third kappa shape index (κ3) is 3.79. The minimum absolute atomic E-state index is 0.0862. The van der Waals surface area contributed by atoms with Crippen LogP contribution in [0.2, 0.25) is 0 Å². The standard InChI is InChI=1S/C16H25N3O/c1-3-10-18-14-6-8-15(9-7-14)19(2)16(20)13-5-4-11-17-12-13/h4-5,11-12,14-15,18H,3,6-10H2,1-2H3. The number of hydrogen-bond donors (Lipinski definition) is 1. The van der Waals surface area contributed by atoms with E-state index in [1.807, 2.05) is 24.1 Å². The molecule has 2 rings (SSSR count). The van der Waals surface area contributed by atoms with Gasteiger partial charge in [-0.25, -0.2) is 0 Å². The molecule has 1 aromatic heterocycles. The first-order valence-electron chi connectivity index (χ1n) is 7.63. The van der Waals surface area contributed by atoms with Crippen LogP contribution in [0.15, 0.2) is 24.5 Å². The van der Waals surface area contributed by atoms with Gasteiger partial charge >= 0.3 is 0 Å². The minimum Gasteiger partial charge on any atom is -0.339 e. The molecule has 0 unspecified atom stereocenters. The second-order valence-corrected chi connectivity index (χ2v) is 5.62. The maximum absolute atomic E-state index is 12.4. The summed E-state index contributed by atoms with van der Waals surface area (Å²) in [6, 6.07) is 4.64. The Bertz CT molecular complexity index is 413. The molecule has 4 nitrogen and oxygen atoms in total. The van der Waals surface area contributed by atoms with Crippen molar-refractivity contribution in [1.29, 1.82) is 0 Å². The fourth-order valence-electron chi connectivity index (χ4n) is 2.87. The summed E-state index contributed by atoms with van der Waals surface area (Å²) in [6.45, 7) is 3.29. The summed E-state index contributed by atoms with van der Waals surface area (Å²) in [7, 11) is 1.92. The summed E-state index contributed by atoms with van der Waals surface area (Å²) in [5.74, 6) is 0.0862. The lowest BCUT2D eigenvalue weighted by molar-refractivity contribution is 0.0684. The molecule has 1 aliphatic carbocycles. The predicted molar refractivity (Wildman–Crippen MR) is 80.7 cm³/mol. The highest BCUT2D eigenvalue weighted by Gasteiger charge is 2.26. The molecule has 1 saturated carbocycles. The highest BCUT2D eigenvalue weighted by Crippen LogP contribution is 2.23. The van der Waals surface area contributed by atoms with Crippen molar-refractivity contribution in [2.24, 2.45) is 0 Å². The van der Waals surface area contributed by atoms with Crippen LogP contribution in [0.25, 0.3) is 0 Å². The predicted octanol–water partition coefficient (Wildman–Crippen LogP) is 2.46. The molecule has 0 radical (unpaired) electrons. The fraction of sp³-hybridized carbons (Fsp3) is 0.625. The molecule has 1 amide bonds. The van der Waals surface area contributed by atoms with Crippen LogP contribution in [0, 0.1) is 0 Å². The second kappa shape index (κ2) is 7.39. The fourth-order valence-corrected chi connectivity index (χ4v) is 2.87. The van der Waals surface area contributed by atoms with Crippen LogP contribution < -0.4 is 5.32 Å². The topological polar surface area (TPSA) is 45.2 Å². The van der Waals surface area contributed by atoms with Crippen LogP contribution in [0.5, 0.6) is 0 Å². The Morgan fingerprint density at radius 1 is 1.40 bits per heavy atom. The lowest BCUT2D eigenvalue weighted by atomic mass is 9.90. The summed E-state index contributed by atoms with van der Waals surface area (Å²) in [5, 5.41) is 3.58. The summed E-state index contributed by atoms with van der Waals surface area (Å²) in [6.07, 6.45) is 9.02. The normalized spacial score (nSPS) is 22.5. The van der Waals surface area contributed by atoms with Gasteiger partial charge in [-0.2, -0.15) is 0 Å². The van der Waals surface area contributed by atoms with E-state index in [1.165, 1.54) is 6.42 Å². The Labute approximate surface area is 121 Å². The first-order chi connectivity index (χ1) is 9.72. The van der Waals surface area contributed by atoms with E-state index in [4.69, 9.17) is 0 Å². The summed E-state index contributed by atoms with van der Waals surface area (Å²) in [4.78, 5) is 18.3. The minimum atomic E-state index is 0.0862. The third-order valence-electron chi connectivity index (χ3n) is 4.16. The summed E-state index contributed by atoms with van der Waals surface area (Å²) in [5.41, 5.74) is 0.682. The van der Waals surface area contributed by atoms with E-state index in [1.54, 1.807) is 12.4 Å². The van der Waals surface area contributed by atoms with Crippen LogP contribution in [-0.2, 0) is 0 Å². The molecule has 1 aliphatic rings. The van der Waals surface area contributed by atoms with E-state index in [2.05, 4.69) is 17.2 Å². The molecule has 0 aromatic carbocycles. The number of pyridine rings is 1. The average molecular weight is 275 g/mol. The van der Waals surface area contributed by atoms with Gasteiger partial charge in [0.25, 0.3) is 5.91 Å². The molecule has 0 aliphatic heterocycles. The van der Waals surface area contributed by atoms with E-state index in [0.717, 1.165) is 32.2 Å². The quantitative estimate of drug-likeness (QED) is 0.898. The van der Waals surface area contributed by atoms with Gasteiger partial charge in [0.15, 0.2) is 0 Å². The van der Waals surface area contributed by atoms with Crippen LogP contribution in [0.1, 0.15) is 49.4 Å². The molecule has 110 valence electrons. The molecule has 4 heteroatoms. The van der Waals surface area contributed by atoms with Crippen molar-refractivity contribution in [3.8, 4) is 0 Å². The Morgan fingerprint density at radius 2 is 2.15 bits per heavy atom. The lowest BCUT2D eigenvalue weighted by Crippen LogP contribution is -2.43. The number of carbonyl (C=O) groups excluding carboxylic acids is 1. The molecule has 0 atom stereocenters. The largest absolute Gasteiger partial charge is 0.339 e. The maximum Gasteiger partial charge on any atom is 0.255 e. The molecule has 0 bridgehead atoms. The van der Waals surface area contributed by atoms with Crippen LogP contribution in [0.3, 0.4) is 0 Å². The van der Waals surface area contributed by atoms with Gasteiger partial charge in [0.1, 0.15) is 0 Å². The highest BCUT2D eigenvalue weighted by atomic mass is 16.2. The zero-order valence-corrected chi connectivity index (χ0v) is 12.5. The molecular formula is C16H25N3O. The van der Waals surface area contributed by atoms with Crippen molar-refractivity contribution < 1.29 is 4.79 Å². The number of rotatable bonds is 5. The van der Waals surface area contributed by atoms with Crippen molar-refractivity contribution in [3.63, 3.8) is 0 Å². The van der Waals surface area contributed by atoms with E-state index in [9.17, 15) is 4.79 Å². The van der Waals surface area contributed by atoms with Gasteiger partial charge in [-0.1, -0.05) is 6.92 Å². The van der Waals surface area contributed by atoms with Crippen molar-refractivity contribution in [3.05, 3.63) is 30.1 Å². The van der Waals surface area contributed by atoms with Gasteiger partial charge in [-0.15, -0.1) is 0 Å². The van der Waals surface area contributed by atoms with Crippen molar-refractivity contribution in [2.45, 2.75) is 51.1 Å². The second-order valence-electron chi connectivity index (χ2n) is 5.62. The maximum atomic E-state index is 12.4. The van der Waals surface area contributed by atoms with Crippen molar-refractivity contribution >= 4 is 5.91 Å². The zero-order valence-electron chi connectivity index (χ0n) is 12.5. The SMILES string of the molecule is CCCNC1CCC(N(C)C(=O)c2cccnc2)CC1. The molecule has 1 heterocycles. The van der Waals surface area contributed by atoms with E-state index < -0.39 is 0 Å². The van der Waals surface area contributed by atoms with Gasteiger partial charge in [-0.05, 0) is 50.8 Å². The number of amides is 1. The Morgan fingerprint density at radius 3 is 2.75 bits per heavy atom. The number of hydrogen-bond acceptors (Lipinski definition) is 3. The average Bonchev–Trinajstić information content (AvgIpc) is 2.53. The Balaban J connectivity index is 1.85. The van der Waals surface area contributed by atoms with E-state index in [-0.39, 0.29) is 5.91 Å². The van der Waals surface area contributed by atoms with E-state index >= 15 is 0 Å². The Hall–Kier alpha value is -1.42. The lowest BCUT2D eigenvalue weighted by Gasteiger charge is -2.35. The third-order valence-corrected chi connectivity index (χ3v) is 4.16. The molecular weight excluding hydrogens is 250 g/mol. The zero-order chi connectivity index (χ0) is 14.4. The van der Waals surface area contributed by atoms with Gasteiger partial charge in [0.05, 0.1) is 5.56 Å². The summed E-state index contributed by atoms with van der Waals surface area (Å²) >= 11 is 0. The Kier molecular flexibility index (Phi) is 5.53. The molecule has 0 spiro atoms. The molecule has 20 heavy (non-hydrogen) atoms. The van der Waals surface area contributed by atoms with E-state index in [0.29, 0.717) is 17.6 Å². The number of carbonyl (C=O) groups is 1. The highest BCUT2D eigenvalue weighted by molar-refractivity contribution is 5.93. The molecule has 0 saturated heterocycles. The van der Waals surface area contributed by atoms with Gasteiger partial charge in [-0.3, -0.25) is 9.78 Å². The van der Waals surface area contributed by atoms with Crippen LogP contribution in [0.4, 0.5) is 0 Å². The van der Waals surface area contributed by atoms with Crippen LogP contribution in [-0.4, -0.2) is 41.5 Å². The monoisotopic (exact) mass is 275 g/mol. The molecule has 1 fully saturated rings. The molecule has 1 aromatic rings. The van der Waals surface area contributed by atoms with Crippen molar-refractivity contribution in [1.82, 2.24) is 15.2 Å². The van der Waals surface area contributed by atoms with Gasteiger partial charge in [0, 0.05) is 31.5 Å². The number of nitrogens with one attached hydrogen (secondary N) is 1. The van der Waals surface area contributed by atoms with Gasteiger partial charge < -0.3 is 10.2 Å². The smallest absolute Gasteiger partial charge is 0.255 e. The van der Waals surface area contributed by atoms with Crippen molar-refractivity contribution in [2.75, 3.05) is 13.6 Å². The first kappa shape index (κ1) is 15.0. The van der Waals surface area contributed by atoms with Crippen LogP contribution >= 0.6 is 0 Å². The summed E-state index contributed by atoms with van der Waals surface area (Å²) < 4.78 is 0. The first-order valence-corrected chi connectivity index (χ1v) is 7.63.